The van der Waals surface area contributed by atoms with Gasteiger partial charge in [0, 0.05) is 38.2 Å². The summed E-state index contributed by atoms with van der Waals surface area (Å²) in [5.74, 6) is -2.44. The Morgan fingerprint density at radius 3 is 2.36 bits per heavy atom. The molecule has 0 spiro atoms. The number of morpholine rings is 1. The molecule has 1 saturated heterocycles. The summed E-state index contributed by atoms with van der Waals surface area (Å²) in [5, 5.41) is 0.526. The van der Waals surface area contributed by atoms with Gasteiger partial charge in [0.05, 0.1) is 42.9 Å². The summed E-state index contributed by atoms with van der Waals surface area (Å²) in [5.41, 5.74) is 0.890. The molecule has 0 radical (unpaired) electrons. The lowest BCUT2D eigenvalue weighted by Crippen LogP contribution is -2.39. The molecule has 0 unspecified atom stereocenters. The van der Waals surface area contributed by atoms with Gasteiger partial charge in [-0.15, -0.1) is 0 Å². The van der Waals surface area contributed by atoms with Gasteiger partial charge in [0.25, 0.3) is 11.8 Å². The van der Waals surface area contributed by atoms with Crippen LogP contribution in [0.2, 0.25) is 10.0 Å². The topological polar surface area (TPSA) is 136 Å². The maximum absolute atomic E-state index is 13.6. The molecule has 6 rings (SSSR count). The van der Waals surface area contributed by atoms with Gasteiger partial charge in [0.15, 0.2) is 23.9 Å². The quantitative estimate of drug-likeness (QED) is 0.106. The van der Waals surface area contributed by atoms with Crippen molar-refractivity contribution in [3.05, 3.63) is 81.1 Å². The van der Waals surface area contributed by atoms with Crippen LogP contribution in [-0.4, -0.2) is 101 Å². The predicted octanol–water partition coefficient (Wildman–Crippen LogP) is 4.82. The third-order valence-corrected chi connectivity index (χ3v) is 11.3. The third-order valence-electron chi connectivity index (χ3n) is 9.47. The number of benzene rings is 2. The summed E-state index contributed by atoms with van der Waals surface area (Å²) in [6, 6.07) is 8.30. The van der Waals surface area contributed by atoms with Gasteiger partial charge in [-0.05, 0) is 61.1 Å². The minimum Gasteiger partial charge on any atom is -0.489 e. The summed E-state index contributed by atoms with van der Waals surface area (Å²) in [6.07, 6.45) is 5.47. The lowest BCUT2D eigenvalue weighted by atomic mass is 10.0. The number of pyridine rings is 1. The van der Waals surface area contributed by atoms with E-state index in [1.165, 1.54) is 40.7 Å². The number of esters is 1. The first-order valence-electron chi connectivity index (χ1n) is 17.7. The molecule has 18 heteroatoms. The smallest absolute Gasteiger partial charge is 0.387 e. The van der Waals surface area contributed by atoms with Gasteiger partial charge in [-0.3, -0.25) is 28.5 Å². The van der Waals surface area contributed by atoms with Crippen molar-refractivity contribution in [2.45, 2.75) is 38.4 Å². The summed E-state index contributed by atoms with van der Waals surface area (Å²) >= 11 is 13.1. The molecule has 0 bridgehead atoms. The first kappa shape index (κ1) is 40.6. The van der Waals surface area contributed by atoms with Gasteiger partial charge >= 0.3 is 12.6 Å². The summed E-state index contributed by atoms with van der Waals surface area (Å²) in [4.78, 5) is 43.6. The molecule has 55 heavy (non-hydrogen) atoms. The van der Waals surface area contributed by atoms with Gasteiger partial charge < -0.3 is 18.9 Å². The van der Waals surface area contributed by atoms with E-state index in [1.807, 2.05) is 0 Å². The maximum Gasteiger partial charge on any atom is 0.387 e. The third kappa shape index (κ3) is 10.2. The fourth-order valence-electron chi connectivity index (χ4n) is 6.45. The van der Waals surface area contributed by atoms with Crippen LogP contribution in [0.5, 0.6) is 11.5 Å². The van der Waals surface area contributed by atoms with E-state index in [2.05, 4.69) is 9.64 Å². The Balaban J connectivity index is 1.21. The molecule has 3 aromatic rings. The average Bonchev–Trinajstić information content (AvgIpc) is 3.93. The van der Waals surface area contributed by atoms with Crippen molar-refractivity contribution in [2.75, 3.05) is 63.1 Å². The maximum atomic E-state index is 13.6. The molecular formula is C37H41Cl2F2N4O9S+. The number of hydrogen-bond acceptors (Lipinski definition) is 10. The second-order valence-electron chi connectivity index (χ2n) is 13.7. The number of halogens is 4. The van der Waals surface area contributed by atoms with Crippen molar-refractivity contribution < 1.29 is 55.1 Å². The highest BCUT2D eigenvalue weighted by Gasteiger charge is 2.39. The molecular weight excluding hydrogens is 785 g/mol. The second kappa shape index (κ2) is 17.4. The number of alkyl halides is 2. The number of carbonyl (C=O) groups excluding carboxylic acids is 3. The zero-order valence-corrected chi connectivity index (χ0v) is 32.5. The van der Waals surface area contributed by atoms with E-state index in [0.29, 0.717) is 37.3 Å². The van der Waals surface area contributed by atoms with Crippen molar-refractivity contribution in [3.8, 4) is 11.5 Å². The predicted molar refractivity (Wildman–Crippen MR) is 197 cm³/mol. The SMILES string of the molecule is C[n+]1cc(Cl)c(C[C@H](OC(=O)CN2C(=O)c3ccc(N(CCCN4CCOCC4)S(C)(=O)=O)cc3C2=O)c2ccc(OC(F)F)c(OCC3CC3)c2)c(Cl)c1. The van der Waals surface area contributed by atoms with E-state index in [9.17, 15) is 31.6 Å². The fourth-order valence-corrected chi connectivity index (χ4v) is 8.12. The van der Waals surface area contributed by atoms with Crippen molar-refractivity contribution in [1.29, 1.82) is 0 Å². The van der Waals surface area contributed by atoms with Gasteiger partial charge in [-0.25, -0.2) is 13.0 Å². The van der Waals surface area contributed by atoms with Crippen LogP contribution in [0.4, 0.5) is 14.5 Å². The summed E-state index contributed by atoms with van der Waals surface area (Å²) in [6.45, 7) is -0.110. The van der Waals surface area contributed by atoms with Gasteiger partial charge in [0.2, 0.25) is 10.0 Å². The molecule has 296 valence electrons. The van der Waals surface area contributed by atoms with E-state index >= 15 is 0 Å². The Labute approximate surface area is 327 Å². The number of fused-ring (bicyclic) bond motifs is 1. The summed E-state index contributed by atoms with van der Waals surface area (Å²) in [7, 11) is -2.04. The molecule has 1 saturated carbocycles. The average molecular weight is 827 g/mol. The van der Waals surface area contributed by atoms with E-state index < -0.39 is 47.1 Å². The molecule has 0 N–H and O–H groups in total. The fraction of sp³-hybridized carbons (Fsp3) is 0.459. The van der Waals surface area contributed by atoms with Gasteiger partial charge in [-0.2, -0.15) is 8.78 Å². The van der Waals surface area contributed by atoms with Crippen molar-refractivity contribution >= 4 is 56.7 Å². The summed E-state index contributed by atoms with van der Waals surface area (Å²) < 4.78 is 76.8. The Morgan fingerprint density at radius 2 is 1.71 bits per heavy atom. The first-order valence-corrected chi connectivity index (χ1v) is 20.3. The molecule has 3 heterocycles. The highest BCUT2D eigenvalue weighted by molar-refractivity contribution is 7.92. The van der Waals surface area contributed by atoms with Crippen molar-refractivity contribution in [3.63, 3.8) is 0 Å². The molecule has 2 aromatic carbocycles. The van der Waals surface area contributed by atoms with E-state index in [1.54, 1.807) is 24.0 Å². The van der Waals surface area contributed by atoms with E-state index in [0.717, 1.165) is 37.1 Å². The lowest BCUT2D eigenvalue weighted by molar-refractivity contribution is -0.671. The number of imide groups is 1. The van der Waals surface area contributed by atoms with Gasteiger partial charge in [-0.1, -0.05) is 29.3 Å². The molecule has 1 aliphatic carbocycles. The second-order valence-corrected chi connectivity index (χ2v) is 16.4. The van der Waals surface area contributed by atoms with E-state index in [-0.39, 0.29) is 63.8 Å². The van der Waals surface area contributed by atoms with Crippen LogP contribution in [0.25, 0.3) is 0 Å². The van der Waals surface area contributed by atoms with Crippen LogP contribution in [-0.2, 0) is 37.8 Å². The standard InChI is InChI=1S/C37H41Cl2F2N4O9S/c1-42-19-29(38)28(30(39)20-42)18-32(24-6-9-31(54-37(40)41)33(16-24)52-22-23-4-5-23)53-34(46)21-44-35(47)26-8-7-25(17-27(26)36(44)48)45(55(2,49)50)11-3-10-43-12-14-51-15-13-43/h6-9,16-17,19-20,23,32,37H,3-5,10-15,18,21-22H2,1-2H3/q+1/t32-/m0/s1. The first-order chi connectivity index (χ1) is 26.2. The molecule has 2 aliphatic heterocycles. The molecule has 2 fully saturated rings. The molecule has 3 aliphatic rings. The Kier molecular flexibility index (Phi) is 12.8. The number of amides is 2. The van der Waals surface area contributed by atoms with Crippen molar-refractivity contribution in [1.82, 2.24) is 9.80 Å². The van der Waals surface area contributed by atoms with Crippen LogP contribution in [0.3, 0.4) is 0 Å². The minimum atomic E-state index is -3.76. The zero-order chi connectivity index (χ0) is 39.4. The van der Waals surface area contributed by atoms with Crippen LogP contribution in [0.15, 0.2) is 48.8 Å². The van der Waals surface area contributed by atoms with Crippen LogP contribution in [0, 0.1) is 5.92 Å². The molecule has 13 nitrogen and oxygen atoms in total. The zero-order valence-electron chi connectivity index (χ0n) is 30.2. The Morgan fingerprint density at radius 1 is 1.02 bits per heavy atom. The van der Waals surface area contributed by atoms with Crippen molar-refractivity contribution in [2.24, 2.45) is 13.0 Å². The van der Waals surface area contributed by atoms with Crippen LogP contribution in [0.1, 0.15) is 57.2 Å². The minimum absolute atomic E-state index is 0.00246. The Hall–Kier alpha value is -4.09. The monoisotopic (exact) mass is 825 g/mol. The van der Waals surface area contributed by atoms with E-state index in [4.69, 9.17) is 37.4 Å². The number of aromatic nitrogens is 1. The molecule has 1 aromatic heterocycles. The number of sulfonamides is 1. The van der Waals surface area contributed by atoms with Gasteiger partial charge in [0.1, 0.15) is 29.7 Å². The Bertz CT molecular complexity index is 2030. The number of nitrogens with zero attached hydrogens (tertiary/aromatic N) is 4. The lowest BCUT2D eigenvalue weighted by Gasteiger charge is -2.28. The number of rotatable bonds is 17. The largest absolute Gasteiger partial charge is 0.489 e. The number of aryl methyl sites for hydroxylation is 1. The number of anilines is 1. The van der Waals surface area contributed by atoms with Crippen LogP contribution < -0.4 is 18.3 Å². The highest BCUT2D eigenvalue weighted by Crippen LogP contribution is 2.38. The number of hydrogen-bond donors (Lipinski definition) is 0. The number of carbonyl (C=O) groups is 3. The highest BCUT2D eigenvalue weighted by atomic mass is 35.5. The number of ether oxygens (including phenoxy) is 4. The normalized spacial score (nSPS) is 16.7. The van der Waals surface area contributed by atoms with Crippen LogP contribution >= 0.6 is 23.2 Å². The molecule has 2 amide bonds. The molecule has 1 atom stereocenters.